The number of aromatic nitrogens is 5. The minimum Gasteiger partial charge on any atom is -0.369 e. The predicted molar refractivity (Wildman–Crippen MR) is 154 cm³/mol. The monoisotopic (exact) mass is 537 g/mol. The molecule has 0 aliphatic carbocycles. The van der Waals surface area contributed by atoms with Crippen LogP contribution in [0.3, 0.4) is 0 Å². The summed E-state index contributed by atoms with van der Waals surface area (Å²) < 4.78 is 15.3. The number of halogens is 1. The lowest BCUT2D eigenvalue weighted by molar-refractivity contribution is 0.200. The van der Waals surface area contributed by atoms with Gasteiger partial charge in [-0.25, -0.2) is 9.07 Å². The van der Waals surface area contributed by atoms with Crippen LogP contribution in [0.1, 0.15) is 39.7 Å². The molecule has 1 aliphatic heterocycles. The van der Waals surface area contributed by atoms with Gasteiger partial charge < -0.3 is 9.88 Å². The van der Waals surface area contributed by atoms with Crippen molar-refractivity contribution in [3.63, 3.8) is 0 Å². The highest BCUT2D eigenvalue weighted by Crippen LogP contribution is 2.30. The maximum Gasteiger partial charge on any atom is 0.253 e. The van der Waals surface area contributed by atoms with Crippen LogP contribution >= 0.6 is 0 Å². The number of hydrogen-bond acceptors (Lipinski definition) is 6. The zero-order valence-electron chi connectivity index (χ0n) is 22.9. The summed E-state index contributed by atoms with van der Waals surface area (Å²) in [6.07, 6.45) is 0. The highest BCUT2D eigenvalue weighted by Gasteiger charge is 2.33. The summed E-state index contributed by atoms with van der Waals surface area (Å²) in [5, 5.41) is 13.7. The SMILES string of the molecule is Cc1ccc(C)c(N2CCN([C@@H](c3cc4cccc(C)c4[nH]c3=O)c3nnnn3Cc3ccc(F)cc3)CC2)c1. The lowest BCUT2D eigenvalue weighted by Gasteiger charge is -2.40. The van der Waals surface area contributed by atoms with E-state index in [1.54, 1.807) is 16.8 Å². The second-order valence-corrected chi connectivity index (χ2v) is 10.6. The number of aromatic amines is 1. The van der Waals surface area contributed by atoms with E-state index in [2.05, 4.69) is 62.4 Å². The molecule has 1 saturated heterocycles. The molecular formula is C31H32FN7O. The summed E-state index contributed by atoms with van der Waals surface area (Å²) in [6, 6.07) is 20.4. The third kappa shape index (κ3) is 5.00. The number of fused-ring (bicyclic) bond motifs is 1. The van der Waals surface area contributed by atoms with Gasteiger partial charge in [0.1, 0.15) is 11.9 Å². The number of hydrogen-bond donors (Lipinski definition) is 1. The molecule has 3 aromatic carbocycles. The van der Waals surface area contributed by atoms with Gasteiger partial charge in [0.25, 0.3) is 5.56 Å². The van der Waals surface area contributed by atoms with Crippen molar-refractivity contribution in [2.75, 3.05) is 31.1 Å². The van der Waals surface area contributed by atoms with Crippen molar-refractivity contribution < 1.29 is 4.39 Å². The third-order valence-electron chi connectivity index (χ3n) is 7.85. The molecule has 0 unspecified atom stereocenters. The molecule has 9 heteroatoms. The zero-order valence-corrected chi connectivity index (χ0v) is 22.9. The molecule has 6 rings (SSSR count). The molecule has 0 saturated carbocycles. The molecule has 8 nitrogen and oxygen atoms in total. The second-order valence-electron chi connectivity index (χ2n) is 10.6. The maximum absolute atomic E-state index is 13.6. The minimum absolute atomic E-state index is 0.153. The second kappa shape index (κ2) is 10.7. The van der Waals surface area contributed by atoms with Crippen molar-refractivity contribution in [1.29, 1.82) is 0 Å². The Morgan fingerprint density at radius 3 is 2.48 bits per heavy atom. The highest BCUT2D eigenvalue weighted by molar-refractivity contribution is 5.82. The van der Waals surface area contributed by atoms with Gasteiger partial charge in [-0.05, 0) is 83.1 Å². The van der Waals surface area contributed by atoms with Crippen LogP contribution in [-0.2, 0) is 6.54 Å². The fourth-order valence-corrected chi connectivity index (χ4v) is 5.67. The molecule has 1 fully saturated rings. The molecular weight excluding hydrogens is 505 g/mol. The summed E-state index contributed by atoms with van der Waals surface area (Å²) in [7, 11) is 0. The van der Waals surface area contributed by atoms with E-state index >= 15 is 0 Å². The Kier molecular flexibility index (Phi) is 6.89. The van der Waals surface area contributed by atoms with Crippen LogP contribution < -0.4 is 10.5 Å². The molecule has 204 valence electrons. The number of nitrogens with one attached hydrogen (secondary N) is 1. The first-order chi connectivity index (χ1) is 19.4. The van der Waals surface area contributed by atoms with Crippen LogP contribution in [-0.4, -0.2) is 56.3 Å². The Hall–Kier alpha value is -4.37. The molecule has 1 atom stereocenters. The van der Waals surface area contributed by atoms with Crippen molar-refractivity contribution in [2.45, 2.75) is 33.4 Å². The van der Waals surface area contributed by atoms with Crippen LogP contribution in [0.5, 0.6) is 0 Å². The smallest absolute Gasteiger partial charge is 0.253 e. The summed E-state index contributed by atoms with van der Waals surface area (Å²) in [4.78, 5) is 21.4. The minimum atomic E-state index is -0.454. The third-order valence-corrected chi connectivity index (χ3v) is 7.85. The van der Waals surface area contributed by atoms with Crippen molar-refractivity contribution in [1.82, 2.24) is 30.1 Å². The number of nitrogens with zero attached hydrogens (tertiary/aromatic N) is 6. The van der Waals surface area contributed by atoms with Gasteiger partial charge in [0.2, 0.25) is 0 Å². The van der Waals surface area contributed by atoms with Gasteiger partial charge in [-0.15, -0.1) is 5.10 Å². The average molecular weight is 538 g/mol. The number of aryl methyl sites for hydroxylation is 3. The van der Waals surface area contributed by atoms with Gasteiger partial charge in [-0.2, -0.15) is 0 Å². The molecule has 3 heterocycles. The van der Waals surface area contributed by atoms with Crippen LogP contribution in [0, 0.1) is 26.6 Å². The van der Waals surface area contributed by atoms with Crippen LogP contribution in [0.25, 0.3) is 10.9 Å². The van der Waals surface area contributed by atoms with Crippen molar-refractivity contribution in [2.24, 2.45) is 0 Å². The lowest BCUT2D eigenvalue weighted by atomic mass is 10.0. The van der Waals surface area contributed by atoms with E-state index in [0.29, 0.717) is 17.9 Å². The molecule has 1 aliphatic rings. The Labute approximate surface area is 232 Å². The van der Waals surface area contributed by atoms with E-state index in [9.17, 15) is 9.18 Å². The summed E-state index contributed by atoms with van der Waals surface area (Å²) in [5.41, 5.74) is 6.90. The van der Waals surface area contributed by atoms with Crippen LogP contribution in [0.4, 0.5) is 10.1 Å². The van der Waals surface area contributed by atoms with Gasteiger partial charge >= 0.3 is 0 Å². The molecule has 0 amide bonds. The van der Waals surface area contributed by atoms with Crippen molar-refractivity contribution in [3.8, 4) is 0 Å². The normalized spacial score (nSPS) is 15.1. The Morgan fingerprint density at radius 2 is 1.70 bits per heavy atom. The standard InChI is InChI=1S/C31H32FN7O/c1-20-7-8-21(2)27(17-20)37-13-15-38(16-14-37)29(26-18-24-6-4-5-22(3)28(24)33-31(26)40)30-34-35-36-39(30)19-23-9-11-25(32)12-10-23/h4-12,17-18,29H,13-16,19H2,1-3H3,(H,33,40)/t29-/m0/s1. The summed E-state index contributed by atoms with van der Waals surface area (Å²) >= 11 is 0. The first-order valence-electron chi connectivity index (χ1n) is 13.6. The van der Waals surface area contributed by atoms with Crippen molar-refractivity contribution >= 4 is 16.6 Å². The molecule has 1 N–H and O–H groups in total. The fraction of sp³-hybridized carbons (Fsp3) is 0.290. The lowest BCUT2D eigenvalue weighted by Crippen LogP contribution is -2.49. The molecule has 0 spiro atoms. The first kappa shape index (κ1) is 25.9. The van der Waals surface area contributed by atoms with Gasteiger partial charge in [0, 0.05) is 37.4 Å². The fourth-order valence-electron chi connectivity index (χ4n) is 5.67. The largest absolute Gasteiger partial charge is 0.369 e. The van der Waals surface area contributed by atoms with Crippen LogP contribution in [0.2, 0.25) is 0 Å². The topological polar surface area (TPSA) is 82.9 Å². The van der Waals surface area contributed by atoms with Gasteiger partial charge in [-0.3, -0.25) is 9.69 Å². The number of anilines is 1. The summed E-state index contributed by atoms with van der Waals surface area (Å²) in [5.74, 6) is 0.292. The van der Waals surface area contributed by atoms with E-state index in [0.717, 1.165) is 48.2 Å². The van der Waals surface area contributed by atoms with Gasteiger partial charge in [0.05, 0.1) is 12.1 Å². The molecule has 40 heavy (non-hydrogen) atoms. The molecule has 0 radical (unpaired) electrons. The van der Waals surface area contributed by atoms with E-state index in [-0.39, 0.29) is 11.4 Å². The Bertz CT molecular complexity index is 1720. The number of pyridine rings is 1. The Balaban J connectivity index is 1.39. The predicted octanol–water partition coefficient (Wildman–Crippen LogP) is 4.54. The zero-order chi connectivity index (χ0) is 27.8. The van der Waals surface area contributed by atoms with Gasteiger partial charge in [0.15, 0.2) is 5.82 Å². The molecule has 2 aromatic heterocycles. The highest BCUT2D eigenvalue weighted by atomic mass is 19.1. The number of tetrazole rings is 1. The van der Waals surface area contributed by atoms with Crippen molar-refractivity contribution in [3.05, 3.63) is 117 Å². The number of piperazine rings is 1. The number of para-hydroxylation sites is 1. The van der Waals surface area contributed by atoms with E-state index in [1.807, 2.05) is 31.2 Å². The molecule has 5 aromatic rings. The maximum atomic E-state index is 13.6. The van der Waals surface area contributed by atoms with E-state index in [1.165, 1.54) is 28.9 Å². The number of benzene rings is 3. The van der Waals surface area contributed by atoms with Gasteiger partial charge in [-0.1, -0.05) is 42.5 Å². The van der Waals surface area contributed by atoms with E-state index in [4.69, 9.17) is 0 Å². The number of rotatable bonds is 6. The Morgan fingerprint density at radius 1 is 0.925 bits per heavy atom. The van der Waals surface area contributed by atoms with E-state index < -0.39 is 6.04 Å². The van der Waals surface area contributed by atoms with Crippen LogP contribution in [0.15, 0.2) is 71.5 Å². The quantitative estimate of drug-likeness (QED) is 0.343. The number of H-pyrrole nitrogens is 1. The average Bonchev–Trinajstić information content (AvgIpc) is 3.40. The first-order valence-corrected chi connectivity index (χ1v) is 13.6. The molecule has 0 bridgehead atoms. The summed E-state index contributed by atoms with van der Waals surface area (Å²) in [6.45, 7) is 9.70.